The molecule has 4 nitrogen and oxygen atoms in total. The summed E-state index contributed by atoms with van der Waals surface area (Å²) >= 11 is 0. The summed E-state index contributed by atoms with van der Waals surface area (Å²) < 4.78 is 17.9. The van der Waals surface area contributed by atoms with Crippen LogP contribution in [0.2, 0.25) is 0 Å². The normalized spacial score (nSPS) is 9.15. The molecule has 5 heteroatoms. The number of azide groups is 1. The average molecular weight is 181 g/mol. The van der Waals surface area contributed by atoms with Crippen LogP contribution in [-0.2, 0) is 0 Å². The molecule has 0 saturated carbocycles. The first kappa shape index (κ1) is 9.35. The van der Waals surface area contributed by atoms with Gasteiger partial charge < -0.3 is 4.74 Å². The minimum absolute atomic E-state index is 0.160. The number of aryl methyl sites for hydroxylation is 1. The second kappa shape index (κ2) is 3.78. The maximum atomic E-state index is 13.0. The van der Waals surface area contributed by atoms with Crippen molar-refractivity contribution >= 4 is 5.69 Å². The molecule has 0 N–H and O–H groups in total. The lowest BCUT2D eigenvalue weighted by molar-refractivity contribution is 0.414. The molecule has 0 radical (unpaired) electrons. The molecule has 0 aliphatic rings. The van der Waals surface area contributed by atoms with Crippen molar-refractivity contribution < 1.29 is 9.13 Å². The third kappa shape index (κ3) is 1.89. The van der Waals surface area contributed by atoms with Gasteiger partial charge in [0.25, 0.3) is 0 Å². The highest BCUT2D eigenvalue weighted by Gasteiger charge is 2.05. The van der Waals surface area contributed by atoms with Gasteiger partial charge in [-0.2, -0.15) is 0 Å². The Morgan fingerprint density at radius 3 is 2.77 bits per heavy atom. The number of nitrogens with zero attached hydrogens (tertiary/aromatic N) is 3. The van der Waals surface area contributed by atoms with E-state index in [2.05, 4.69) is 10.0 Å². The van der Waals surface area contributed by atoms with E-state index in [0.29, 0.717) is 11.3 Å². The number of halogens is 1. The van der Waals surface area contributed by atoms with E-state index >= 15 is 0 Å². The summed E-state index contributed by atoms with van der Waals surface area (Å²) in [4.78, 5) is 2.56. The van der Waals surface area contributed by atoms with Gasteiger partial charge in [-0.15, -0.1) is 0 Å². The molecule has 0 bridgehead atoms. The molecule has 0 aliphatic heterocycles. The van der Waals surface area contributed by atoms with E-state index in [1.165, 1.54) is 13.2 Å². The second-order valence-electron chi connectivity index (χ2n) is 2.46. The van der Waals surface area contributed by atoms with E-state index in [1.54, 1.807) is 6.92 Å². The first-order valence-corrected chi connectivity index (χ1v) is 3.58. The van der Waals surface area contributed by atoms with Gasteiger partial charge >= 0.3 is 0 Å². The van der Waals surface area contributed by atoms with Gasteiger partial charge in [-0.1, -0.05) is 5.11 Å². The van der Waals surface area contributed by atoms with Crippen molar-refractivity contribution in [3.05, 3.63) is 34.0 Å². The first-order chi connectivity index (χ1) is 6.19. The first-order valence-electron chi connectivity index (χ1n) is 3.58. The molecule has 0 aromatic heterocycles. The molecule has 0 unspecified atom stereocenters. The van der Waals surface area contributed by atoms with Gasteiger partial charge in [-0.25, -0.2) is 4.39 Å². The van der Waals surface area contributed by atoms with Crippen molar-refractivity contribution in [2.75, 3.05) is 7.11 Å². The third-order valence-corrected chi connectivity index (χ3v) is 1.61. The standard InChI is InChI=1S/C8H8FN3O/c1-5-3-8(13-2)7(11-12-10)4-6(5)9/h3-4H,1-2H3. The smallest absolute Gasteiger partial charge is 0.128 e. The van der Waals surface area contributed by atoms with Crippen LogP contribution in [0.5, 0.6) is 5.75 Å². The lowest BCUT2D eigenvalue weighted by atomic mass is 10.2. The lowest BCUT2D eigenvalue weighted by Gasteiger charge is -2.05. The van der Waals surface area contributed by atoms with E-state index in [0.717, 1.165) is 6.07 Å². The molecule has 0 amide bonds. The van der Waals surface area contributed by atoms with Crippen LogP contribution in [0.3, 0.4) is 0 Å². The molecule has 13 heavy (non-hydrogen) atoms. The fraction of sp³-hybridized carbons (Fsp3) is 0.250. The van der Waals surface area contributed by atoms with E-state index in [1.807, 2.05) is 0 Å². The highest BCUT2D eigenvalue weighted by molar-refractivity contribution is 5.53. The Kier molecular flexibility index (Phi) is 2.72. The highest BCUT2D eigenvalue weighted by Crippen LogP contribution is 2.29. The zero-order chi connectivity index (χ0) is 9.84. The maximum absolute atomic E-state index is 13.0. The molecule has 1 aromatic carbocycles. The molecule has 0 atom stereocenters. The number of hydrogen-bond donors (Lipinski definition) is 0. The quantitative estimate of drug-likeness (QED) is 0.393. The van der Waals surface area contributed by atoms with Crippen LogP contribution in [0, 0.1) is 12.7 Å². The molecular formula is C8H8FN3O. The van der Waals surface area contributed by atoms with Gasteiger partial charge in [0.05, 0.1) is 12.8 Å². The number of benzene rings is 1. The topological polar surface area (TPSA) is 58.0 Å². The van der Waals surface area contributed by atoms with Crippen LogP contribution in [0.4, 0.5) is 10.1 Å². The molecular weight excluding hydrogens is 173 g/mol. The van der Waals surface area contributed by atoms with Crippen molar-refractivity contribution in [2.24, 2.45) is 5.11 Å². The summed E-state index contributed by atoms with van der Waals surface area (Å²) in [5, 5.41) is 3.29. The Balaban J connectivity index is 3.32. The second-order valence-corrected chi connectivity index (χ2v) is 2.46. The monoisotopic (exact) mass is 181 g/mol. The Hall–Kier alpha value is -1.74. The van der Waals surface area contributed by atoms with Crippen LogP contribution >= 0.6 is 0 Å². The van der Waals surface area contributed by atoms with Crippen molar-refractivity contribution in [2.45, 2.75) is 6.92 Å². The van der Waals surface area contributed by atoms with Crippen LogP contribution in [0.25, 0.3) is 10.4 Å². The van der Waals surface area contributed by atoms with Crippen LogP contribution in [0.15, 0.2) is 17.2 Å². The van der Waals surface area contributed by atoms with E-state index < -0.39 is 5.82 Å². The summed E-state index contributed by atoms with van der Waals surface area (Å²) in [7, 11) is 1.43. The molecule has 0 aliphatic carbocycles. The van der Waals surface area contributed by atoms with E-state index in [-0.39, 0.29) is 5.69 Å². The number of hydrogen-bond acceptors (Lipinski definition) is 2. The van der Waals surface area contributed by atoms with Crippen LogP contribution in [-0.4, -0.2) is 7.11 Å². The number of methoxy groups -OCH3 is 1. The summed E-state index contributed by atoms with van der Waals surface area (Å²) in [6, 6.07) is 2.63. The fourth-order valence-electron chi connectivity index (χ4n) is 0.934. The SMILES string of the molecule is COc1cc(C)c(F)cc1N=[N+]=[N-]. The van der Waals surface area contributed by atoms with Gasteiger partial charge in [-0.05, 0) is 30.2 Å². The predicted octanol–water partition coefficient (Wildman–Crippen LogP) is 3.08. The van der Waals surface area contributed by atoms with Crippen molar-refractivity contribution in [1.82, 2.24) is 0 Å². The Labute approximate surface area is 74.6 Å². The molecule has 1 aromatic rings. The third-order valence-electron chi connectivity index (χ3n) is 1.61. The molecule has 0 spiro atoms. The van der Waals surface area contributed by atoms with E-state index in [4.69, 9.17) is 10.3 Å². The van der Waals surface area contributed by atoms with Crippen molar-refractivity contribution in [3.63, 3.8) is 0 Å². The van der Waals surface area contributed by atoms with Gasteiger partial charge in [0.15, 0.2) is 0 Å². The zero-order valence-electron chi connectivity index (χ0n) is 7.28. The fourth-order valence-corrected chi connectivity index (χ4v) is 0.934. The summed E-state index contributed by atoms with van der Waals surface area (Å²) in [6.45, 7) is 1.61. The van der Waals surface area contributed by atoms with Crippen LogP contribution < -0.4 is 4.74 Å². The van der Waals surface area contributed by atoms with Crippen molar-refractivity contribution in [1.29, 1.82) is 0 Å². The maximum Gasteiger partial charge on any atom is 0.128 e. The molecule has 0 heterocycles. The van der Waals surface area contributed by atoms with Gasteiger partial charge in [0.1, 0.15) is 11.6 Å². The van der Waals surface area contributed by atoms with Crippen molar-refractivity contribution in [3.8, 4) is 5.75 Å². The Morgan fingerprint density at radius 1 is 1.54 bits per heavy atom. The summed E-state index contributed by atoms with van der Waals surface area (Å²) in [6.07, 6.45) is 0. The molecule has 1 rings (SSSR count). The molecule has 68 valence electrons. The zero-order valence-corrected chi connectivity index (χ0v) is 7.28. The Morgan fingerprint density at radius 2 is 2.23 bits per heavy atom. The minimum Gasteiger partial charge on any atom is -0.496 e. The Bertz CT molecular complexity index is 372. The van der Waals surface area contributed by atoms with Gasteiger partial charge in [0, 0.05) is 4.91 Å². The average Bonchev–Trinajstić information content (AvgIpc) is 2.11. The number of rotatable bonds is 2. The number of ether oxygens (including phenoxy) is 1. The van der Waals surface area contributed by atoms with E-state index in [9.17, 15) is 4.39 Å². The van der Waals surface area contributed by atoms with Gasteiger partial charge in [0.2, 0.25) is 0 Å². The minimum atomic E-state index is -0.414. The lowest BCUT2D eigenvalue weighted by Crippen LogP contribution is -1.87. The van der Waals surface area contributed by atoms with Crippen LogP contribution in [0.1, 0.15) is 5.56 Å². The molecule has 0 fully saturated rings. The van der Waals surface area contributed by atoms with Gasteiger partial charge in [-0.3, -0.25) is 0 Å². The summed E-state index contributed by atoms with van der Waals surface area (Å²) in [5.74, 6) is -0.0418. The highest BCUT2D eigenvalue weighted by atomic mass is 19.1. The summed E-state index contributed by atoms with van der Waals surface area (Å²) in [5.41, 5.74) is 8.79. The largest absolute Gasteiger partial charge is 0.496 e. The predicted molar refractivity (Wildman–Crippen MR) is 46.5 cm³/mol. The molecule has 0 saturated heterocycles.